The molecule has 1 fully saturated rings. The van der Waals surface area contributed by atoms with Crippen molar-refractivity contribution in [3.05, 3.63) is 52.8 Å². The number of hydrogen-bond donors (Lipinski definition) is 1. The van der Waals surface area contributed by atoms with E-state index in [4.69, 9.17) is 0 Å². The maximum Gasteiger partial charge on any atom is 0.270 e. The number of likely N-dealkylation sites (N-methyl/N-ethyl adjacent to an activating group) is 1. The fraction of sp³-hybridized carbons (Fsp3) is 0.450. The zero-order chi connectivity index (χ0) is 18.5. The Hall–Kier alpha value is -2.47. The normalized spacial score (nSPS) is 15.1. The lowest BCUT2D eigenvalue weighted by Gasteiger charge is -2.34. The van der Waals surface area contributed by atoms with Crippen LogP contribution < -0.4 is 10.2 Å². The molecule has 138 valence electrons. The Morgan fingerprint density at radius 3 is 2.42 bits per heavy atom. The van der Waals surface area contributed by atoms with Crippen LogP contribution in [0.2, 0.25) is 0 Å². The average molecular weight is 353 g/mol. The van der Waals surface area contributed by atoms with Crippen LogP contribution in [-0.4, -0.2) is 53.5 Å². The molecule has 0 bridgehead atoms. The Balaban J connectivity index is 1.66. The van der Waals surface area contributed by atoms with Gasteiger partial charge in [-0.2, -0.15) is 0 Å². The summed E-state index contributed by atoms with van der Waals surface area (Å²) < 4.78 is 0. The summed E-state index contributed by atoms with van der Waals surface area (Å²) in [4.78, 5) is 26.2. The van der Waals surface area contributed by atoms with Crippen LogP contribution in [0.15, 0.2) is 30.3 Å². The van der Waals surface area contributed by atoms with Crippen LogP contribution in [-0.2, 0) is 6.54 Å². The van der Waals surface area contributed by atoms with Crippen molar-refractivity contribution in [1.29, 1.82) is 0 Å². The Morgan fingerprint density at radius 2 is 1.77 bits per heavy atom. The smallest absolute Gasteiger partial charge is 0.270 e. The van der Waals surface area contributed by atoms with Gasteiger partial charge in [-0.25, -0.2) is 9.97 Å². The zero-order valence-corrected chi connectivity index (χ0v) is 15.8. The molecule has 1 saturated heterocycles. The number of rotatable bonds is 5. The number of aromatic nitrogens is 2. The number of benzene rings is 1. The molecule has 0 aliphatic carbocycles. The van der Waals surface area contributed by atoms with Crippen molar-refractivity contribution in [1.82, 2.24) is 20.2 Å². The van der Waals surface area contributed by atoms with E-state index in [2.05, 4.69) is 32.0 Å². The lowest BCUT2D eigenvalue weighted by Crippen LogP contribution is -2.47. The fourth-order valence-corrected chi connectivity index (χ4v) is 3.05. The summed E-state index contributed by atoms with van der Waals surface area (Å²) in [5.41, 5.74) is 3.52. The first-order valence-corrected chi connectivity index (χ1v) is 9.22. The number of nitrogens with one attached hydrogen (secondary N) is 1. The molecule has 0 radical (unpaired) electrons. The number of hydrogen-bond acceptors (Lipinski definition) is 5. The van der Waals surface area contributed by atoms with Crippen molar-refractivity contribution in [3.63, 3.8) is 0 Å². The monoisotopic (exact) mass is 353 g/mol. The molecule has 1 aliphatic rings. The second kappa shape index (κ2) is 8.27. The molecular weight excluding hydrogens is 326 g/mol. The Bertz CT molecular complexity index is 751. The van der Waals surface area contributed by atoms with Crippen LogP contribution in [0.5, 0.6) is 0 Å². The molecule has 2 heterocycles. The van der Waals surface area contributed by atoms with E-state index < -0.39 is 0 Å². The van der Waals surface area contributed by atoms with Gasteiger partial charge in [0.25, 0.3) is 5.91 Å². The van der Waals surface area contributed by atoms with Crippen molar-refractivity contribution in [2.45, 2.75) is 27.3 Å². The van der Waals surface area contributed by atoms with E-state index in [-0.39, 0.29) is 5.91 Å². The van der Waals surface area contributed by atoms with Crippen LogP contribution in [0, 0.1) is 13.8 Å². The lowest BCUT2D eigenvalue weighted by molar-refractivity contribution is 0.0945. The predicted molar refractivity (Wildman–Crippen MR) is 103 cm³/mol. The number of piperazine rings is 1. The maximum absolute atomic E-state index is 12.5. The fourth-order valence-electron chi connectivity index (χ4n) is 3.05. The molecule has 1 aromatic carbocycles. The van der Waals surface area contributed by atoms with Gasteiger partial charge in [0.1, 0.15) is 5.69 Å². The zero-order valence-electron chi connectivity index (χ0n) is 15.8. The molecule has 0 saturated carbocycles. The summed E-state index contributed by atoms with van der Waals surface area (Å²) in [6.07, 6.45) is 0. The van der Waals surface area contributed by atoms with Crippen molar-refractivity contribution in [2.75, 3.05) is 37.6 Å². The molecule has 2 aromatic rings. The van der Waals surface area contributed by atoms with Crippen LogP contribution in [0.4, 0.5) is 5.95 Å². The highest BCUT2D eigenvalue weighted by atomic mass is 16.1. The lowest BCUT2D eigenvalue weighted by atomic mass is 10.1. The van der Waals surface area contributed by atoms with Gasteiger partial charge in [-0.1, -0.05) is 36.8 Å². The Morgan fingerprint density at radius 1 is 1.08 bits per heavy atom. The molecule has 0 unspecified atom stereocenters. The van der Waals surface area contributed by atoms with Crippen molar-refractivity contribution >= 4 is 11.9 Å². The number of carbonyl (C=O) groups is 1. The van der Waals surface area contributed by atoms with E-state index in [0.29, 0.717) is 18.2 Å². The van der Waals surface area contributed by atoms with E-state index >= 15 is 0 Å². The van der Waals surface area contributed by atoms with Crippen LogP contribution in [0.25, 0.3) is 0 Å². The highest BCUT2D eigenvalue weighted by molar-refractivity contribution is 5.92. The van der Waals surface area contributed by atoms with Crippen LogP contribution in [0.1, 0.15) is 34.2 Å². The van der Waals surface area contributed by atoms with Gasteiger partial charge in [0.2, 0.25) is 5.95 Å². The minimum Gasteiger partial charge on any atom is -0.347 e. The molecule has 1 aromatic heterocycles. The second-order valence-electron chi connectivity index (χ2n) is 6.78. The van der Waals surface area contributed by atoms with E-state index in [0.717, 1.165) is 44.0 Å². The summed E-state index contributed by atoms with van der Waals surface area (Å²) >= 11 is 0. The van der Waals surface area contributed by atoms with Gasteiger partial charge >= 0.3 is 0 Å². The third kappa shape index (κ3) is 4.58. The third-order valence-electron chi connectivity index (χ3n) is 4.75. The largest absolute Gasteiger partial charge is 0.347 e. The topological polar surface area (TPSA) is 61.4 Å². The van der Waals surface area contributed by atoms with E-state index in [1.54, 1.807) is 6.07 Å². The molecule has 1 N–H and O–H groups in total. The third-order valence-corrected chi connectivity index (χ3v) is 4.75. The molecule has 1 aliphatic heterocycles. The van der Waals surface area contributed by atoms with Crippen molar-refractivity contribution in [2.24, 2.45) is 0 Å². The predicted octanol–water partition coefficient (Wildman–Crippen LogP) is 2.17. The molecule has 6 heteroatoms. The van der Waals surface area contributed by atoms with Gasteiger partial charge in [-0.05, 0) is 32.0 Å². The second-order valence-corrected chi connectivity index (χ2v) is 6.78. The highest BCUT2D eigenvalue weighted by Crippen LogP contribution is 2.13. The highest BCUT2D eigenvalue weighted by Gasteiger charge is 2.19. The minimum absolute atomic E-state index is 0.162. The Kier molecular flexibility index (Phi) is 5.83. The SMILES string of the molecule is CCN1CCN(c2nc(C)cc(C(=O)NCc3ccc(C)cc3)n2)CC1. The quantitative estimate of drug-likeness (QED) is 0.893. The van der Waals surface area contributed by atoms with Crippen molar-refractivity contribution < 1.29 is 4.79 Å². The van der Waals surface area contributed by atoms with E-state index in [9.17, 15) is 4.79 Å². The van der Waals surface area contributed by atoms with Crippen molar-refractivity contribution in [3.8, 4) is 0 Å². The minimum atomic E-state index is -0.162. The Labute approximate surface area is 155 Å². The number of carbonyl (C=O) groups excluding carboxylic acids is 1. The molecule has 1 amide bonds. The molecule has 6 nitrogen and oxygen atoms in total. The van der Waals surface area contributed by atoms with Gasteiger partial charge in [-0.3, -0.25) is 4.79 Å². The van der Waals surface area contributed by atoms with Gasteiger partial charge in [0, 0.05) is 38.4 Å². The first-order chi connectivity index (χ1) is 12.5. The van der Waals surface area contributed by atoms with Gasteiger partial charge in [0.15, 0.2) is 0 Å². The summed E-state index contributed by atoms with van der Waals surface area (Å²) in [7, 11) is 0. The number of nitrogens with zero attached hydrogens (tertiary/aromatic N) is 4. The molecule has 0 atom stereocenters. The number of aryl methyl sites for hydroxylation is 2. The van der Waals surface area contributed by atoms with E-state index in [1.165, 1.54) is 5.56 Å². The van der Waals surface area contributed by atoms with Crippen LogP contribution in [0.3, 0.4) is 0 Å². The van der Waals surface area contributed by atoms with Gasteiger partial charge < -0.3 is 15.1 Å². The first-order valence-electron chi connectivity index (χ1n) is 9.22. The van der Waals surface area contributed by atoms with E-state index in [1.807, 2.05) is 38.1 Å². The molecule has 3 rings (SSSR count). The summed E-state index contributed by atoms with van der Waals surface area (Å²) in [6.45, 7) is 11.5. The average Bonchev–Trinajstić information content (AvgIpc) is 2.67. The summed E-state index contributed by atoms with van der Waals surface area (Å²) in [5.74, 6) is 0.491. The van der Waals surface area contributed by atoms with Gasteiger partial charge in [-0.15, -0.1) is 0 Å². The molecule has 0 spiro atoms. The summed E-state index contributed by atoms with van der Waals surface area (Å²) in [5, 5.41) is 2.95. The molecular formula is C20H27N5O. The first kappa shape index (κ1) is 18.3. The number of anilines is 1. The standard InChI is InChI=1S/C20H27N5O/c1-4-24-9-11-25(12-10-24)20-22-16(3)13-18(23-20)19(26)21-14-17-7-5-15(2)6-8-17/h5-8,13H,4,9-12,14H2,1-3H3,(H,21,26). The summed E-state index contributed by atoms with van der Waals surface area (Å²) in [6, 6.07) is 9.89. The van der Waals surface area contributed by atoms with Crippen LogP contribution >= 0.6 is 0 Å². The molecule has 26 heavy (non-hydrogen) atoms. The van der Waals surface area contributed by atoms with Gasteiger partial charge in [0.05, 0.1) is 0 Å². The maximum atomic E-state index is 12.5. The number of amides is 1.